The molecule has 2 aliphatic rings. The molecular weight excluding hydrogens is 511 g/mol. The van der Waals surface area contributed by atoms with Gasteiger partial charge in [0.05, 0.1) is 17.9 Å². The van der Waals surface area contributed by atoms with E-state index in [1.165, 1.54) is 24.3 Å². The molecule has 2 fully saturated rings. The third-order valence-electron chi connectivity index (χ3n) is 7.01. The van der Waals surface area contributed by atoms with Gasteiger partial charge in [-0.25, -0.2) is 8.42 Å². The van der Waals surface area contributed by atoms with Gasteiger partial charge in [0.15, 0.2) is 0 Å². The average molecular weight is 536 g/mol. The number of phenols is 3. The Morgan fingerprint density at radius 3 is 1.73 bits per heavy atom. The van der Waals surface area contributed by atoms with Crippen LogP contribution in [0.3, 0.4) is 0 Å². The fourth-order valence-electron chi connectivity index (χ4n) is 5.47. The van der Waals surface area contributed by atoms with Crippen molar-refractivity contribution in [2.45, 2.75) is 41.9 Å². The van der Waals surface area contributed by atoms with Crippen LogP contribution in [-0.4, -0.2) is 53.9 Å². The standard InChI is InChI=1S/C26H24F3NO6S/c27-26(28,29)14-30(17-5-11-20(33)12-6-17)37(34,35)22-13-21-23(15-1-7-18(31)8-2-15)24(25(22)36-21)16-3-9-19(32)10-4-16/h1-12,21-25,31-33H,13-14H2/t21-,22+,23-,24-,25+/m0/s1. The Morgan fingerprint density at radius 2 is 1.24 bits per heavy atom. The van der Waals surface area contributed by atoms with Crippen LogP contribution in [0.15, 0.2) is 72.8 Å². The predicted molar refractivity (Wildman–Crippen MR) is 129 cm³/mol. The van der Waals surface area contributed by atoms with Gasteiger partial charge in [0.25, 0.3) is 0 Å². The van der Waals surface area contributed by atoms with Crippen molar-refractivity contribution in [3.05, 3.63) is 83.9 Å². The van der Waals surface area contributed by atoms with Crippen LogP contribution in [0.2, 0.25) is 0 Å². The highest BCUT2D eigenvalue weighted by molar-refractivity contribution is 7.93. The number of aromatic hydroxyl groups is 3. The van der Waals surface area contributed by atoms with E-state index < -0.39 is 46.1 Å². The van der Waals surface area contributed by atoms with Crippen LogP contribution in [0.25, 0.3) is 0 Å². The molecule has 0 aliphatic carbocycles. The van der Waals surface area contributed by atoms with Crippen LogP contribution in [0, 0.1) is 0 Å². The fraction of sp³-hybridized carbons (Fsp3) is 0.308. The van der Waals surface area contributed by atoms with Gasteiger partial charge >= 0.3 is 6.18 Å². The van der Waals surface area contributed by atoms with Gasteiger partial charge in [-0.2, -0.15) is 13.2 Å². The minimum Gasteiger partial charge on any atom is -0.508 e. The van der Waals surface area contributed by atoms with Crippen molar-refractivity contribution in [3.63, 3.8) is 0 Å². The summed E-state index contributed by atoms with van der Waals surface area (Å²) in [5.74, 6) is -0.976. The van der Waals surface area contributed by atoms with E-state index in [2.05, 4.69) is 0 Å². The lowest BCUT2D eigenvalue weighted by Gasteiger charge is -2.36. The van der Waals surface area contributed by atoms with E-state index >= 15 is 0 Å². The van der Waals surface area contributed by atoms with Crippen LogP contribution in [-0.2, 0) is 14.8 Å². The molecule has 0 saturated carbocycles. The summed E-state index contributed by atoms with van der Waals surface area (Å²) in [5.41, 5.74) is 1.26. The second-order valence-corrected chi connectivity index (χ2v) is 11.4. The Hall–Kier alpha value is -3.44. The molecule has 5 atom stereocenters. The quantitative estimate of drug-likeness (QED) is 0.426. The zero-order valence-corrected chi connectivity index (χ0v) is 20.1. The Labute approximate surface area is 211 Å². The van der Waals surface area contributed by atoms with Crippen molar-refractivity contribution in [1.82, 2.24) is 0 Å². The van der Waals surface area contributed by atoms with Crippen LogP contribution in [0.4, 0.5) is 18.9 Å². The summed E-state index contributed by atoms with van der Waals surface area (Å²) in [5, 5.41) is 27.8. The number of benzene rings is 3. The van der Waals surface area contributed by atoms with E-state index in [0.29, 0.717) is 9.87 Å². The molecule has 0 amide bonds. The van der Waals surface area contributed by atoms with E-state index in [0.717, 1.165) is 29.8 Å². The molecule has 0 aromatic heterocycles. The summed E-state index contributed by atoms with van der Waals surface area (Å²) in [6, 6.07) is 17.2. The Bertz CT molecular complexity index is 1360. The lowest BCUT2D eigenvalue weighted by atomic mass is 9.72. The monoisotopic (exact) mass is 535 g/mol. The van der Waals surface area contributed by atoms with Crippen molar-refractivity contribution in [2.24, 2.45) is 0 Å². The number of anilines is 1. The maximum absolute atomic E-state index is 13.8. The fourth-order valence-corrected chi connectivity index (χ4v) is 7.54. The van der Waals surface area contributed by atoms with Crippen molar-refractivity contribution < 1.29 is 41.6 Å². The number of phenolic OH excluding ortho intramolecular Hbond substituents is 3. The largest absolute Gasteiger partial charge is 0.508 e. The molecule has 37 heavy (non-hydrogen) atoms. The summed E-state index contributed by atoms with van der Waals surface area (Å²) in [6.07, 6.45) is -6.37. The Morgan fingerprint density at radius 1 is 0.784 bits per heavy atom. The normalized spacial score (nSPS) is 25.3. The molecule has 2 heterocycles. The highest BCUT2D eigenvalue weighted by Gasteiger charge is 2.60. The molecule has 5 rings (SSSR count). The molecule has 7 nitrogen and oxygen atoms in total. The van der Waals surface area contributed by atoms with Crippen LogP contribution < -0.4 is 4.31 Å². The van der Waals surface area contributed by atoms with Gasteiger partial charge in [0.1, 0.15) is 29.0 Å². The first-order chi connectivity index (χ1) is 17.4. The van der Waals surface area contributed by atoms with Gasteiger partial charge in [-0.05, 0) is 66.1 Å². The van der Waals surface area contributed by atoms with Gasteiger partial charge in [-0.15, -0.1) is 0 Å². The number of fused-ring (bicyclic) bond motifs is 2. The smallest absolute Gasteiger partial charge is 0.407 e. The minimum absolute atomic E-state index is 0.0143. The topological polar surface area (TPSA) is 107 Å². The van der Waals surface area contributed by atoms with E-state index in [4.69, 9.17) is 4.74 Å². The first-order valence-electron chi connectivity index (χ1n) is 11.5. The molecule has 3 aromatic carbocycles. The summed E-state index contributed by atoms with van der Waals surface area (Å²) in [4.78, 5) is 0. The molecule has 0 radical (unpaired) electrons. The summed E-state index contributed by atoms with van der Waals surface area (Å²) in [7, 11) is -4.57. The minimum atomic E-state index is -4.81. The molecule has 3 aromatic rings. The number of sulfonamides is 1. The maximum Gasteiger partial charge on any atom is 0.407 e. The lowest BCUT2D eigenvalue weighted by molar-refractivity contribution is -0.117. The molecule has 196 valence electrons. The number of rotatable bonds is 6. The van der Waals surface area contributed by atoms with Gasteiger partial charge < -0.3 is 20.1 Å². The number of nitrogens with zero attached hydrogens (tertiary/aromatic N) is 1. The molecule has 2 bridgehead atoms. The predicted octanol–water partition coefficient (Wildman–Crippen LogP) is 4.61. The van der Waals surface area contributed by atoms with Crippen molar-refractivity contribution >= 4 is 15.7 Å². The lowest BCUT2D eigenvalue weighted by Crippen LogP contribution is -2.49. The summed E-state index contributed by atoms with van der Waals surface area (Å²) >= 11 is 0. The number of alkyl halides is 3. The van der Waals surface area contributed by atoms with Gasteiger partial charge in [0.2, 0.25) is 10.0 Å². The SMILES string of the molecule is O=S(=O)([C@@H]1C[C@@H]2O[C@H]1[C@@H](c1ccc(O)cc1)[C@H]2c1ccc(O)cc1)N(CC(F)(F)F)c1ccc(O)cc1. The Balaban J connectivity index is 1.56. The van der Waals surface area contributed by atoms with E-state index in [1.807, 2.05) is 0 Å². The average Bonchev–Trinajstić information content (AvgIpc) is 3.43. The zero-order chi connectivity index (χ0) is 26.5. The summed E-state index contributed by atoms with van der Waals surface area (Å²) in [6.45, 7) is -1.72. The van der Waals surface area contributed by atoms with Gasteiger partial charge in [-0.1, -0.05) is 24.3 Å². The van der Waals surface area contributed by atoms with E-state index in [9.17, 15) is 36.9 Å². The van der Waals surface area contributed by atoms with Gasteiger partial charge in [0, 0.05) is 11.8 Å². The third kappa shape index (κ3) is 4.80. The van der Waals surface area contributed by atoms with Crippen LogP contribution in [0.5, 0.6) is 17.2 Å². The van der Waals surface area contributed by atoms with Crippen LogP contribution >= 0.6 is 0 Å². The second-order valence-electron chi connectivity index (χ2n) is 9.33. The molecule has 3 N–H and O–H groups in total. The van der Waals surface area contributed by atoms with Crippen molar-refractivity contribution in [3.8, 4) is 17.2 Å². The van der Waals surface area contributed by atoms with Crippen molar-refractivity contribution in [1.29, 1.82) is 0 Å². The highest BCUT2D eigenvalue weighted by atomic mass is 32.2. The van der Waals surface area contributed by atoms with Crippen LogP contribution in [0.1, 0.15) is 29.4 Å². The molecule has 2 saturated heterocycles. The molecule has 11 heteroatoms. The first-order valence-corrected chi connectivity index (χ1v) is 13.0. The van der Waals surface area contributed by atoms with Gasteiger partial charge in [-0.3, -0.25) is 4.31 Å². The van der Waals surface area contributed by atoms with E-state index in [-0.39, 0.29) is 35.3 Å². The van der Waals surface area contributed by atoms with E-state index in [1.54, 1.807) is 24.3 Å². The first kappa shape index (κ1) is 25.2. The number of halogens is 3. The molecule has 2 aliphatic heterocycles. The zero-order valence-electron chi connectivity index (χ0n) is 19.3. The molecule has 0 unspecified atom stereocenters. The van der Waals surface area contributed by atoms with Crippen molar-refractivity contribution in [2.75, 3.05) is 10.8 Å². The molecule has 0 spiro atoms. The Kier molecular flexibility index (Phi) is 6.23. The third-order valence-corrected chi connectivity index (χ3v) is 9.19. The second kappa shape index (κ2) is 9.14. The summed E-state index contributed by atoms with van der Waals surface area (Å²) < 4.78 is 74.7. The number of hydrogen-bond acceptors (Lipinski definition) is 6. The molecular formula is C26H24F3NO6S. The highest BCUT2D eigenvalue weighted by Crippen LogP contribution is 2.56. The maximum atomic E-state index is 13.8. The number of ether oxygens (including phenoxy) is 1. The number of hydrogen-bond donors (Lipinski definition) is 3.